The number of carbonyl (C=O) groups is 1. The van der Waals surface area contributed by atoms with Crippen LogP contribution in [0.3, 0.4) is 0 Å². The lowest BCUT2D eigenvalue weighted by atomic mass is 10.1. The van der Waals surface area contributed by atoms with Crippen molar-refractivity contribution in [1.82, 2.24) is 4.72 Å². The van der Waals surface area contributed by atoms with Gasteiger partial charge < -0.3 is 14.6 Å². The van der Waals surface area contributed by atoms with Crippen LogP contribution in [-0.2, 0) is 24.3 Å². The molecule has 270 valence electrons. The molecule has 0 aromatic carbocycles. The topological polar surface area (TPSA) is 102 Å². The summed E-state index contributed by atoms with van der Waals surface area (Å²) in [6.07, 6.45) is 29.9. The van der Waals surface area contributed by atoms with Gasteiger partial charge in [-0.15, -0.1) is 0 Å². The van der Waals surface area contributed by atoms with Gasteiger partial charge in [-0.2, -0.15) is 0 Å². The highest BCUT2D eigenvalue weighted by molar-refractivity contribution is 7.89. The van der Waals surface area contributed by atoms with Crippen molar-refractivity contribution in [1.29, 1.82) is 0 Å². The Morgan fingerprint density at radius 1 is 0.622 bits per heavy atom. The minimum Gasteiger partial charge on any atom is -0.462 e. The first-order valence-corrected chi connectivity index (χ1v) is 20.9. The standard InChI is InChI=1S/C37H75NO6S/c1-4-7-10-13-15-17-19-21-24-27-32-45(41,42)38-35(33-39)34-43-31-30-36(28-25-22-12-9-6-3)44-37(40)29-26-23-20-18-16-14-11-8-5-2/h35-36,38-39H,4-34H2,1-3H3. The predicted molar refractivity (Wildman–Crippen MR) is 190 cm³/mol. The molecule has 0 aliphatic carbocycles. The van der Waals surface area contributed by atoms with E-state index in [0.29, 0.717) is 25.9 Å². The first-order valence-electron chi connectivity index (χ1n) is 19.3. The predicted octanol–water partition coefficient (Wildman–Crippen LogP) is 9.79. The zero-order chi connectivity index (χ0) is 33.3. The molecule has 8 heteroatoms. The molecule has 0 bridgehead atoms. The molecule has 0 amide bonds. The monoisotopic (exact) mass is 662 g/mol. The number of aliphatic hydroxyl groups excluding tert-OH is 1. The Kier molecular flexibility index (Phi) is 32.7. The van der Waals surface area contributed by atoms with Crippen LogP contribution in [0.15, 0.2) is 0 Å². The van der Waals surface area contributed by atoms with Crippen LogP contribution in [0.2, 0.25) is 0 Å². The van der Waals surface area contributed by atoms with Crippen molar-refractivity contribution in [3.63, 3.8) is 0 Å². The number of rotatable bonds is 36. The molecule has 7 nitrogen and oxygen atoms in total. The van der Waals surface area contributed by atoms with E-state index in [1.807, 2.05) is 0 Å². The highest BCUT2D eigenvalue weighted by atomic mass is 32.2. The van der Waals surface area contributed by atoms with Gasteiger partial charge in [0.1, 0.15) is 6.10 Å². The highest BCUT2D eigenvalue weighted by Gasteiger charge is 2.19. The van der Waals surface area contributed by atoms with E-state index in [2.05, 4.69) is 25.5 Å². The summed E-state index contributed by atoms with van der Waals surface area (Å²) in [4.78, 5) is 12.6. The van der Waals surface area contributed by atoms with E-state index in [1.165, 1.54) is 109 Å². The van der Waals surface area contributed by atoms with Gasteiger partial charge in [0.05, 0.1) is 31.6 Å². The SMILES string of the molecule is CCCCCCCCCCCCS(=O)(=O)NC(CO)COCCC(CCCCCCC)OC(=O)CCCCCCCCCCC. The van der Waals surface area contributed by atoms with Crippen LogP contribution >= 0.6 is 0 Å². The molecule has 0 aliphatic rings. The minimum atomic E-state index is -3.47. The van der Waals surface area contributed by atoms with Crippen LogP contribution in [0.4, 0.5) is 0 Å². The summed E-state index contributed by atoms with van der Waals surface area (Å²) in [5, 5.41) is 9.76. The van der Waals surface area contributed by atoms with E-state index in [9.17, 15) is 18.3 Å². The van der Waals surface area contributed by atoms with Gasteiger partial charge in [0.2, 0.25) is 10.0 Å². The van der Waals surface area contributed by atoms with Crippen LogP contribution in [-0.4, -0.2) is 57.2 Å². The maximum absolute atomic E-state index is 12.6. The number of nitrogens with one attached hydrogen (secondary N) is 1. The van der Waals surface area contributed by atoms with E-state index in [1.54, 1.807) is 0 Å². The summed E-state index contributed by atoms with van der Waals surface area (Å²) in [6.45, 7) is 6.82. The number of sulfonamides is 1. The van der Waals surface area contributed by atoms with Crippen molar-refractivity contribution in [2.45, 2.75) is 206 Å². The van der Waals surface area contributed by atoms with Gasteiger partial charge in [-0.25, -0.2) is 13.1 Å². The van der Waals surface area contributed by atoms with Crippen molar-refractivity contribution in [2.75, 3.05) is 25.6 Å². The second-order valence-electron chi connectivity index (χ2n) is 13.3. The Morgan fingerprint density at radius 2 is 1.07 bits per heavy atom. The van der Waals surface area contributed by atoms with E-state index in [4.69, 9.17) is 9.47 Å². The molecule has 0 saturated heterocycles. The number of hydrogen-bond donors (Lipinski definition) is 2. The van der Waals surface area contributed by atoms with Gasteiger partial charge in [0.15, 0.2) is 0 Å². The summed E-state index contributed by atoms with van der Waals surface area (Å²) in [5.74, 6) is -0.0425. The Balaban J connectivity index is 4.31. The number of aliphatic hydroxyl groups is 1. The van der Waals surface area contributed by atoms with Crippen LogP contribution < -0.4 is 4.72 Å². The van der Waals surface area contributed by atoms with E-state index in [-0.39, 0.29) is 31.0 Å². The normalized spacial score (nSPS) is 13.2. The lowest BCUT2D eigenvalue weighted by Crippen LogP contribution is -2.42. The Labute approximate surface area is 279 Å². The fraction of sp³-hybridized carbons (Fsp3) is 0.973. The highest BCUT2D eigenvalue weighted by Crippen LogP contribution is 2.16. The number of ether oxygens (including phenoxy) is 2. The summed E-state index contributed by atoms with van der Waals surface area (Å²) in [6, 6.07) is -0.667. The Hall–Kier alpha value is -0.700. The smallest absolute Gasteiger partial charge is 0.306 e. The summed E-state index contributed by atoms with van der Waals surface area (Å²) in [7, 11) is -3.47. The minimum absolute atomic E-state index is 0.0784. The van der Waals surface area contributed by atoms with Crippen LogP contribution in [0.25, 0.3) is 0 Å². The summed E-state index contributed by atoms with van der Waals surface area (Å²) < 4.78 is 39.4. The quantitative estimate of drug-likeness (QED) is 0.0512. The molecule has 2 unspecified atom stereocenters. The molecule has 0 aromatic heterocycles. The van der Waals surface area contributed by atoms with E-state index in [0.717, 1.165) is 44.9 Å². The molecule has 0 spiro atoms. The zero-order valence-corrected chi connectivity index (χ0v) is 30.8. The lowest BCUT2D eigenvalue weighted by Gasteiger charge is -2.20. The zero-order valence-electron chi connectivity index (χ0n) is 30.0. The van der Waals surface area contributed by atoms with E-state index < -0.39 is 16.1 Å². The number of hydrogen-bond acceptors (Lipinski definition) is 6. The van der Waals surface area contributed by atoms with Crippen molar-refractivity contribution in [3.05, 3.63) is 0 Å². The van der Waals surface area contributed by atoms with Gasteiger partial charge in [-0.05, 0) is 25.7 Å². The van der Waals surface area contributed by atoms with Crippen LogP contribution in [0, 0.1) is 0 Å². The average molecular weight is 662 g/mol. The van der Waals surface area contributed by atoms with Crippen molar-refractivity contribution in [3.8, 4) is 0 Å². The summed E-state index contributed by atoms with van der Waals surface area (Å²) in [5.41, 5.74) is 0. The first kappa shape index (κ1) is 44.3. The molecule has 0 fully saturated rings. The first-order chi connectivity index (χ1) is 21.9. The second-order valence-corrected chi connectivity index (χ2v) is 15.1. The molecule has 45 heavy (non-hydrogen) atoms. The average Bonchev–Trinajstić information content (AvgIpc) is 3.02. The fourth-order valence-electron chi connectivity index (χ4n) is 5.72. The van der Waals surface area contributed by atoms with Crippen molar-refractivity contribution in [2.24, 2.45) is 0 Å². The third-order valence-corrected chi connectivity index (χ3v) is 10.2. The number of unbranched alkanes of at least 4 members (excludes halogenated alkanes) is 21. The second kappa shape index (κ2) is 33.2. The molecule has 0 saturated carbocycles. The van der Waals surface area contributed by atoms with Gasteiger partial charge in [0, 0.05) is 12.8 Å². The molecular formula is C37H75NO6S. The van der Waals surface area contributed by atoms with Gasteiger partial charge in [0.25, 0.3) is 0 Å². The van der Waals surface area contributed by atoms with Crippen LogP contribution in [0.5, 0.6) is 0 Å². The molecule has 0 heterocycles. The number of carbonyl (C=O) groups excluding carboxylic acids is 1. The van der Waals surface area contributed by atoms with E-state index >= 15 is 0 Å². The lowest BCUT2D eigenvalue weighted by molar-refractivity contribution is -0.150. The summed E-state index contributed by atoms with van der Waals surface area (Å²) >= 11 is 0. The third kappa shape index (κ3) is 31.7. The Bertz CT molecular complexity index is 732. The molecule has 0 radical (unpaired) electrons. The maximum Gasteiger partial charge on any atom is 0.306 e. The molecule has 0 aromatic rings. The number of esters is 1. The van der Waals surface area contributed by atoms with Gasteiger partial charge >= 0.3 is 5.97 Å². The molecule has 2 atom stereocenters. The molecule has 0 rings (SSSR count). The Morgan fingerprint density at radius 3 is 1.56 bits per heavy atom. The fourth-order valence-corrected chi connectivity index (χ4v) is 7.07. The largest absolute Gasteiger partial charge is 0.462 e. The maximum atomic E-state index is 12.6. The molecular weight excluding hydrogens is 586 g/mol. The molecule has 0 aliphatic heterocycles. The molecule has 2 N–H and O–H groups in total. The van der Waals surface area contributed by atoms with Crippen LogP contribution in [0.1, 0.15) is 194 Å². The van der Waals surface area contributed by atoms with Crippen molar-refractivity contribution >= 4 is 16.0 Å². The third-order valence-electron chi connectivity index (χ3n) is 8.65. The van der Waals surface area contributed by atoms with Crippen molar-refractivity contribution < 1.29 is 27.8 Å². The van der Waals surface area contributed by atoms with Gasteiger partial charge in [-0.1, -0.05) is 156 Å². The van der Waals surface area contributed by atoms with Gasteiger partial charge in [-0.3, -0.25) is 4.79 Å².